The number of benzene rings is 10. The van der Waals surface area contributed by atoms with Gasteiger partial charge in [0, 0.05) is 49.0 Å². The minimum absolute atomic E-state index is 0.708. The molecule has 0 amide bonds. The molecule has 4 heteroatoms. The lowest BCUT2D eigenvalue weighted by Gasteiger charge is -2.11. The molecular weight excluding hydrogens is 827 g/mol. The number of rotatable bonds is 7. The molecule has 4 nitrogen and oxygen atoms in total. The molecule has 4 heterocycles. The quantitative estimate of drug-likeness (QED) is 0.160. The first-order chi connectivity index (χ1) is 33.7. The van der Waals surface area contributed by atoms with Crippen LogP contribution in [-0.2, 0) is 0 Å². The predicted octanol–water partition coefficient (Wildman–Crippen LogP) is 17.2. The summed E-state index contributed by atoms with van der Waals surface area (Å²) in [5.74, 6) is 0.708. The monoisotopic (exact) mass is 865 g/mol. The average Bonchev–Trinajstić information content (AvgIpc) is 4.08. The molecule has 0 saturated heterocycles. The minimum Gasteiger partial charge on any atom is -0.456 e. The summed E-state index contributed by atoms with van der Waals surface area (Å²) >= 11 is 0. The Hall–Kier alpha value is -9.12. The van der Waals surface area contributed by atoms with Crippen LogP contribution in [0.25, 0.3) is 138 Å². The largest absolute Gasteiger partial charge is 0.456 e. The lowest BCUT2D eigenvalue weighted by Crippen LogP contribution is -1.96. The number of fused-ring (bicyclic) bond motifs is 9. The van der Waals surface area contributed by atoms with Crippen molar-refractivity contribution in [2.45, 2.75) is 0 Å². The van der Waals surface area contributed by atoms with Gasteiger partial charge < -0.3 is 8.82 Å². The third-order valence-electron chi connectivity index (χ3n) is 13.7. The Morgan fingerprint density at radius 3 is 1.41 bits per heavy atom. The predicted molar refractivity (Wildman–Crippen MR) is 282 cm³/mol. The molecule has 10 aromatic carbocycles. The van der Waals surface area contributed by atoms with Gasteiger partial charge in [0.1, 0.15) is 11.2 Å². The van der Waals surface area contributed by atoms with Crippen molar-refractivity contribution in [1.82, 2.24) is 14.4 Å². The first kappa shape index (κ1) is 38.2. The fourth-order valence-electron chi connectivity index (χ4n) is 10.5. The van der Waals surface area contributed by atoms with Gasteiger partial charge in [0.2, 0.25) is 0 Å². The molecule has 0 unspecified atom stereocenters. The minimum atomic E-state index is 0.708. The van der Waals surface area contributed by atoms with E-state index in [9.17, 15) is 0 Å². The van der Waals surface area contributed by atoms with Crippen LogP contribution in [0.15, 0.2) is 241 Å². The molecule has 0 radical (unpaired) electrons. The number of hydrogen-bond donors (Lipinski definition) is 0. The molecule has 0 aliphatic carbocycles. The number of para-hydroxylation sites is 2. The van der Waals surface area contributed by atoms with Gasteiger partial charge >= 0.3 is 0 Å². The van der Waals surface area contributed by atoms with Crippen molar-refractivity contribution < 1.29 is 4.42 Å². The molecule has 0 atom stereocenters. The Morgan fingerprint density at radius 1 is 0.294 bits per heavy atom. The van der Waals surface area contributed by atoms with Gasteiger partial charge in [-0.3, -0.25) is 0 Å². The van der Waals surface area contributed by atoms with E-state index in [0.717, 1.165) is 66.7 Å². The second-order valence-corrected chi connectivity index (χ2v) is 17.7. The van der Waals surface area contributed by atoms with Crippen molar-refractivity contribution in [3.8, 4) is 78.4 Å². The smallest absolute Gasteiger partial charge is 0.160 e. The Labute approximate surface area is 392 Å². The molecule has 4 aromatic heterocycles. The highest BCUT2D eigenvalue weighted by atomic mass is 16.3. The number of nitrogens with zero attached hydrogens (tertiary/aromatic N) is 3. The second kappa shape index (κ2) is 15.2. The molecule has 0 bridgehead atoms. The Balaban J connectivity index is 0.858. The summed E-state index contributed by atoms with van der Waals surface area (Å²) in [6.45, 7) is 0. The van der Waals surface area contributed by atoms with Gasteiger partial charge in [-0.05, 0) is 93.0 Å². The number of hydrogen-bond acceptors (Lipinski definition) is 3. The Kier molecular flexibility index (Phi) is 8.55. The van der Waals surface area contributed by atoms with E-state index in [-0.39, 0.29) is 0 Å². The summed E-state index contributed by atoms with van der Waals surface area (Å²) in [4.78, 5) is 10.1. The third-order valence-corrected chi connectivity index (χ3v) is 13.7. The number of aromatic nitrogens is 3. The van der Waals surface area contributed by atoms with Gasteiger partial charge in [-0.2, -0.15) is 0 Å². The molecule has 0 saturated carbocycles. The van der Waals surface area contributed by atoms with Crippen LogP contribution in [0.3, 0.4) is 0 Å². The van der Waals surface area contributed by atoms with E-state index >= 15 is 0 Å². The maximum atomic E-state index is 6.27. The molecule has 0 aliphatic rings. The lowest BCUT2D eigenvalue weighted by atomic mass is 9.95. The van der Waals surface area contributed by atoms with E-state index in [4.69, 9.17) is 14.4 Å². The van der Waals surface area contributed by atoms with Crippen molar-refractivity contribution in [2.24, 2.45) is 0 Å². The highest BCUT2D eigenvalue weighted by Gasteiger charge is 2.20. The molecule has 0 N–H and O–H groups in total. The van der Waals surface area contributed by atoms with Gasteiger partial charge in [-0.1, -0.05) is 188 Å². The second-order valence-electron chi connectivity index (χ2n) is 17.7. The fraction of sp³-hybridized carbons (Fsp3) is 0. The molecule has 316 valence electrons. The van der Waals surface area contributed by atoms with E-state index in [1.165, 1.54) is 65.9 Å². The molecule has 0 aliphatic heterocycles. The standard InChI is InChI=1S/C64H39N3O/c1-3-14-40(15-4-1)56-39-57(66-64(65-56)41-16-5-2-6-17-41)49-23-11-21-45(36-49)42-18-9-19-43(34-42)46-30-32-51-53-26-12-27-54-52-33-31-47(38-59(52)67(63(53)54)58(51)37-46)44-20-10-22-48(35-44)50-25-13-29-61-62(50)55-24-7-8-28-60(55)68-61/h1-39H. The van der Waals surface area contributed by atoms with Crippen LogP contribution in [0.1, 0.15) is 0 Å². The van der Waals surface area contributed by atoms with Crippen molar-refractivity contribution >= 4 is 60.0 Å². The van der Waals surface area contributed by atoms with Gasteiger partial charge in [0.25, 0.3) is 0 Å². The van der Waals surface area contributed by atoms with Crippen molar-refractivity contribution in [3.05, 3.63) is 237 Å². The summed E-state index contributed by atoms with van der Waals surface area (Å²) in [7, 11) is 0. The number of furan rings is 1. The highest BCUT2D eigenvalue weighted by Crippen LogP contribution is 2.43. The fourth-order valence-corrected chi connectivity index (χ4v) is 10.5. The summed E-state index contributed by atoms with van der Waals surface area (Å²) in [5.41, 5.74) is 19.6. The van der Waals surface area contributed by atoms with Gasteiger partial charge in [-0.25, -0.2) is 9.97 Å². The molecule has 14 aromatic rings. The average molecular weight is 866 g/mol. The lowest BCUT2D eigenvalue weighted by molar-refractivity contribution is 0.669. The summed E-state index contributed by atoms with van der Waals surface area (Å²) in [5, 5.41) is 7.33. The zero-order chi connectivity index (χ0) is 44.7. The van der Waals surface area contributed by atoms with E-state index in [1.807, 2.05) is 36.4 Å². The highest BCUT2D eigenvalue weighted by molar-refractivity contribution is 6.24. The van der Waals surface area contributed by atoms with Gasteiger partial charge in [-0.15, -0.1) is 0 Å². The maximum absolute atomic E-state index is 6.27. The van der Waals surface area contributed by atoms with Crippen LogP contribution in [0, 0.1) is 0 Å². The summed E-state index contributed by atoms with van der Waals surface area (Å²) in [6, 6.07) is 84.6. The SMILES string of the molecule is c1ccc(-c2cc(-c3cccc(-c4cccc(-c5ccc6c7cccc8c9ccc(-c%10cccc(-c%11cccc%12oc%13ccccc%13c%11%12)c%10)cc9n(c6c5)c78)c4)c3)nc(-c3ccccc3)n2)cc1. The van der Waals surface area contributed by atoms with Crippen LogP contribution >= 0.6 is 0 Å². The zero-order valence-electron chi connectivity index (χ0n) is 36.8. The topological polar surface area (TPSA) is 43.3 Å². The first-order valence-corrected chi connectivity index (χ1v) is 23.1. The summed E-state index contributed by atoms with van der Waals surface area (Å²) in [6.07, 6.45) is 0. The van der Waals surface area contributed by atoms with E-state index < -0.39 is 0 Å². The normalized spacial score (nSPS) is 11.8. The van der Waals surface area contributed by atoms with Crippen molar-refractivity contribution in [3.63, 3.8) is 0 Å². The molecule has 0 fully saturated rings. The van der Waals surface area contributed by atoms with E-state index in [0.29, 0.717) is 5.82 Å². The van der Waals surface area contributed by atoms with Gasteiger partial charge in [0.05, 0.1) is 27.9 Å². The van der Waals surface area contributed by atoms with Crippen LogP contribution in [0.2, 0.25) is 0 Å². The van der Waals surface area contributed by atoms with Crippen LogP contribution < -0.4 is 0 Å². The molecule has 0 spiro atoms. The zero-order valence-corrected chi connectivity index (χ0v) is 36.8. The molecular formula is C64H39N3O. The molecule has 68 heavy (non-hydrogen) atoms. The van der Waals surface area contributed by atoms with Crippen LogP contribution in [0.5, 0.6) is 0 Å². The van der Waals surface area contributed by atoms with Crippen molar-refractivity contribution in [2.75, 3.05) is 0 Å². The van der Waals surface area contributed by atoms with E-state index in [2.05, 4.69) is 205 Å². The van der Waals surface area contributed by atoms with E-state index in [1.54, 1.807) is 0 Å². The van der Waals surface area contributed by atoms with Crippen LogP contribution in [-0.4, -0.2) is 14.4 Å². The van der Waals surface area contributed by atoms with Crippen molar-refractivity contribution in [1.29, 1.82) is 0 Å². The Bertz CT molecular complexity index is 4200. The van der Waals surface area contributed by atoms with Crippen LogP contribution in [0.4, 0.5) is 0 Å². The summed E-state index contributed by atoms with van der Waals surface area (Å²) < 4.78 is 8.76. The van der Waals surface area contributed by atoms with Gasteiger partial charge in [0.15, 0.2) is 5.82 Å². The first-order valence-electron chi connectivity index (χ1n) is 23.1. The molecule has 14 rings (SSSR count). The maximum Gasteiger partial charge on any atom is 0.160 e. The third kappa shape index (κ3) is 6.15. The Morgan fingerprint density at radius 2 is 0.750 bits per heavy atom.